The predicted octanol–water partition coefficient (Wildman–Crippen LogP) is 3.34. The van der Waals surface area contributed by atoms with Crippen molar-refractivity contribution in [3.63, 3.8) is 0 Å². The molecule has 0 atom stereocenters. The first-order chi connectivity index (χ1) is 8.93. The third-order valence-corrected chi connectivity index (χ3v) is 4.44. The molecule has 1 N–H and O–H groups in total. The monoisotopic (exact) mass is 360 g/mol. The molecule has 100 valence electrons. The van der Waals surface area contributed by atoms with Crippen molar-refractivity contribution in [2.24, 2.45) is 4.99 Å². The minimum atomic E-state index is -0.152. The molecule has 4 nitrogen and oxygen atoms in total. The van der Waals surface area contributed by atoms with Crippen LogP contribution < -0.4 is 0 Å². The van der Waals surface area contributed by atoms with Crippen LogP contribution in [-0.4, -0.2) is 35.2 Å². The van der Waals surface area contributed by atoms with Crippen LogP contribution in [0.1, 0.15) is 5.56 Å². The molecule has 1 heterocycles. The van der Waals surface area contributed by atoms with Crippen molar-refractivity contribution in [1.29, 1.82) is 0 Å². The highest BCUT2D eigenvalue weighted by molar-refractivity contribution is 9.10. The standard InChI is InChI=1S/C12H10BrClN2O2S/c1-15-12-16(2)11(18)9(19-12)4-6-3-7(13)5-8(14)10(6)17/h3-5,17H,1-2H3/b9-4+,15-12?. The maximum absolute atomic E-state index is 12.0. The Kier molecular flexibility index (Phi) is 4.23. The van der Waals surface area contributed by atoms with E-state index >= 15 is 0 Å². The normalized spacial score (nSPS) is 19.8. The van der Waals surface area contributed by atoms with Crippen molar-refractivity contribution in [2.45, 2.75) is 0 Å². The van der Waals surface area contributed by atoms with Crippen molar-refractivity contribution in [1.82, 2.24) is 4.90 Å². The number of thioether (sulfide) groups is 1. The van der Waals surface area contributed by atoms with Gasteiger partial charge >= 0.3 is 0 Å². The van der Waals surface area contributed by atoms with Gasteiger partial charge in [0.25, 0.3) is 5.91 Å². The first-order valence-electron chi connectivity index (χ1n) is 5.26. The van der Waals surface area contributed by atoms with Gasteiger partial charge in [-0.2, -0.15) is 0 Å². The molecule has 0 aliphatic carbocycles. The van der Waals surface area contributed by atoms with E-state index in [0.717, 1.165) is 4.47 Å². The minimum Gasteiger partial charge on any atom is -0.506 e. The summed E-state index contributed by atoms with van der Waals surface area (Å²) in [5.74, 6) is -0.198. The molecule has 1 amide bonds. The van der Waals surface area contributed by atoms with Crippen molar-refractivity contribution >= 4 is 56.4 Å². The minimum absolute atomic E-state index is 0.0460. The summed E-state index contributed by atoms with van der Waals surface area (Å²) in [6, 6.07) is 3.29. The number of phenolic OH excluding ortho intramolecular Hbond substituents is 1. The lowest BCUT2D eigenvalue weighted by Gasteiger charge is -2.05. The van der Waals surface area contributed by atoms with Crippen LogP contribution in [0.5, 0.6) is 5.75 Å². The van der Waals surface area contributed by atoms with Crippen LogP contribution in [0.2, 0.25) is 5.02 Å². The molecular weight excluding hydrogens is 352 g/mol. The number of aliphatic imine (C=N–C) groups is 1. The Morgan fingerprint density at radius 3 is 2.79 bits per heavy atom. The van der Waals surface area contributed by atoms with Crippen LogP contribution in [0.3, 0.4) is 0 Å². The molecule has 0 bridgehead atoms. The zero-order valence-corrected chi connectivity index (χ0v) is 13.3. The molecule has 0 saturated carbocycles. The van der Waals surface area contributed by atoms with Gasteiger partial charge in [-0.1, -0.05) is 27.5 Å². The Labute approximate surface area is 128 Å². The maximum atomic E-state index is 12.0. The Morgan fingerprint density at radius 1 is 1.53 bits per heavy atom. The number of amides is 1. The van der Waals surface area contributed by atoms with E-state index in [1.807, 2.05) is 0 Å². The number of hydrogen-bond donors (Lipinski definition) is 1. The summed E-state index contributed by atoms with van der Waals surface area (Å²) < 4.78 is 0.732. The smallest absolute Gasteiger partial charge is 0.266 e. The number of phenols is 1. The number of hydrogen-bond acceptors (Lipinski definition) is 4. The zero-order valence-electron chi connectivity index (χ0n) is 10.1. The van der Waals surface area contributed by atoms with Crippen LogP contribution in [0.15, 0.2) is 26.5 Å². The molecule has 19 heavy (non-hydrogen) atoms. The number of carbonyl (C=O) groups is 1. The molecule has 7 heteroatoms. The Balaban J connectivity index is 2.46. The van der Waals surface area contributed by atoms with Gasteiger partial charge in [-0.05, 0) is 30.0 Å². The molecule has 0 unspecified atom stereocenters. The summed E-state index contributed by atoms with van der Waals surface area (Å²) in [6.07, 6.45) is 1.60. The molecule has 1 aromatic rings. The third-order valence-electron chi connectivity index (χ3n) is 2.54. The molecule has 1 fully saturated rings. The number of carbonyl (C=O) groups excluding carboxylic acids is 1. The number of halogens is 2. The SMILES string of the molecule is CN=C1S/C(=C/c2cc(Br)cc(Cl)c2O)C(=O)N1C. The second-order valence-electron chi connectivity index (χ2n) is 3.81. The molecule has 0 aromatic heterocycles. The fraction of sp³-hybridized carbons (Fsp3) is 0.167. The fourth-order valence-corrected chi connectivity index (χ4v) is 3.34. The van der Waals surface area contributed by atoms with Gasteiger partial charge in [-0.15, -0.1) is 0 Å². The lowest BCUT2D eigenvalue weighted by Crippen LogP contribution is -2.23. The van der Waals surface area contributed by atoms with Gasteiger partial charge in [0, 0.05) is 24.1 Å². The molecule has 0 spiro atoms. The van der Waals surface area contributed by atoms with Gasteiger partial charge < -0.3 is 5.11 Å². The topological polar surface area (TPSA) is 52.9 Å². The lowest BCUT2D eigenvalue weighted by molar-refractivity contribution is -0.121. The number of amidine groups is 1. The molecule has 1 aromatic carbocycles. The number of nitrogens with zero attached hydrogens (tertiary/aromatic N) is 2. The first kappa shape index (κ1) is 14.4. The van der Waals surface area contributed by atoms with Crippen LogP contribution in [0.25, 0.3) is 6.08 Å². The van der Waals surface area contributed by atoms with E-state index in [2.05, 4.69) is 20.9 Å². The largest absolute Gasteiger partial charge is 0.506 e. The highest BCUT2D eigenvalue weighted by Crippen LogP contribution is 2.36. The number of rotatable bonds is 1. The zero-order chi connectivity index (χ0) is 14.2. The van der Waals surface area contributed by atoms with Crippen LogP contribution >= 0.6 is 39.3 Å². The van der Waals surface area contributed by atoms with Gasteiger partial charge in [-0.25, -0.2) is 0 Å². The number of aromatic hydroxyl groups is 1. The lowest BCUT2D eigenvalue weighted by atomic mass is 10.2. The van der Waals surface area contributed by atoms with Crippen molar-refractivity contribution in [3.05, 3.63) is 32.1 Å². The van der Waals surface area contributed by atoms with Crippen molar-refractivity contribution in [3.8, 4) is 5.75 Å². The predicted molar refractivity (Wildman–Crippen MR) is 82.5 cm³/mol. The number of benzene rings is 1. The van der Waals surface area contributed by atoms with E-state index in [0.29, 0.717) is 15.6 Å². The van der Waals surface area contributed by atoms with Crippen LogP contribution in [0, 0.1) is 0 Å². The summed E-state index contributed by atoms with van der Waals surface area (Å²) in [5, 5.41) is 10.7. The van der Waals surface area contributed by atoms with E-state index in [-0.39, 0.29) is 16.7 Å². The first-order valence-corrected chi connectivity index (χ1v) is 7.25. The molecular formula is C12H10BrClN2O2S. The van der Waals surface area contributed by atoms with E-state index < -0.39 is 0 Å². The van der Waals surface area contributed by atoms with E-state index in [1.54, 1.807) is 32.3 Å². The maximum Gasteiger partial charge on any atom is 0.266 e. The molecule has 1 saturated heterocycles. The van der Waals surface area contributed by atoms with E-state index in [4.69, 9.17) is 11.6 Å². The van der Waals surface area contributed by atoms with Gasteiger partial charge in [0.1, 0.15) is 5.75 Å². The molecule has 0 radical (unpaired) electrons. The number of likely N-dealkylation sites (N-methyl/N-ethyl adjacent to an activating group) is 1. The Bertz CT molecular complexity index is 616. The Hall–Kier alpha value is -0.980. The van der Waals surface area contributed by atoms with Crippen molar-refractivity contribution < 1.29 is 9.90 Å². The average Bonchev–Trinajstić information content (AvgIpc) is 2.63. The summed E-state index contributed by atoms with van der Waals surface area (Å²) >= 11 is 10.4. The average molecular weight is 362 g/mol. The highest BCUT2D eigenvalue weighted by Gasteiger charge is 2.30. The van der Waals surface area contributed by atoms with E-state index in [9.17, 15) is 9.90 Å². The summed E-state index contributed by atoms with van der Waals surface area (Å²) in [5.41, 5.74) is 0.487. The fourth-order valence-electron chi connectivity index (χ4n) is 1.59. The van der Waals surface area contributed by atoms with Crippen molar-refractivity contribution in [2.75, 3.05) is 14.1 Å². The third kappa shape index (κ3) is 2.80. The van der Waals surface area contributed by atoms with Gasteiger partial charge in [0.15, 0.2) is 5.17 Å². The van der Waals surface area contributed by atoms with Gasteiger partial charge in [-0.3, -0.25) is 14.7 Å². The highest BCUT2D eigenvalue weighted by atomic mass is 79.9. The second kappa shape index (κ2) is 5.56. The van der Waals surface area contributed by atoms with Gasteiger partial charge in [0.2, 0.25) is 0 Å². The van der Waals surface area contributed by atoms with Crippen LogP contribution in [0.4, 0.5) is 0 Å². The summed E-state index contributed by atoms with van der Waals surface area (Å²) in [6.45, 7) is 0. The Morgan fingerprint density at radius 2 is 2.21 bits per heavy atom. The van der Waals surface area contributed by atoms with Gasteiger partial charge in [0.05, 0.1) is 9.93 Å². The van der Waals surface area contributed by atoms with E-state index in [1.165, 1.54) is 16.7 Å². The molecule has 1 aliphatic heterocycles. The molecule has 1 aliphatic rings. The summed E-state index contributed by atoms with van der Waals surface area (Å²) in [7, 11) is 3.29. The van der Waals surface area contributed by atoms with Crippen LogP contribution in [-0.2, 0) is 4.79 Å². The molecule has 2 rings (SSSR count). The summed E-state index contributed by atoms with van der Waals surface area (Å²) in [4.78, 5) is 18.0. The quantitative estimate of drug-likeness (QED) is 0.781. The second-order valence-corrected chi connectivity index (χ2v) is 6.14.